The van der Waals surface area contributed by atoms with E-state index >= 15 is 0 Å². The molecule has 1 atom stereocenters. The smallest absolute Gasteiger partial charge is 0.126 e. The van der Waals surface area contributed by atoms with Crippen molar-refractivity contribution < 1.29 is 5.11 Å². The minimum absolute atomic E-state index is 0.0928. The second-order valence-corrected chi connectivity index (χ2v) is 5.78. The van der Waals surface area contributed by atoms with E-state index in [4.69, 9.17) is 10.8 Å². The Morgan fingerprint density at radius 1 is 1.19 bits per heavy atom. The predicted octanol–water partition coefficient (Wildman–Crippen LogP) is 3.46. The minimum Gasteiger partial charge on any atom is -0.394 e. The highest BCUT2D eigenvalue weighted by molar-refractivity contribution is 5.76. The molecule has 2 rings (SSSR count). The van der Waals surface area contributed by atoms with Gasteiger partial charge in [-0.1, -0.05) is 45.1 Å². The van der Waals surface area contributed by atoms with E-state index in [1.165, 1.54) is 44.1 Å². The van der Waals surface area contributed by atoms with Crippen LogP contribution in [-0.2, 0) is 6.42 Å². The molecule has 0 fully saturated rings. The number of nitrogens with zero attached hydrogens (tertiary/aromatic N) is 1. The number of nitrogens with two attached hydrogens (primary N) is 1. The van der Waals surface area contributed by atoms with Crippen molar-refractivity contribution in [2.24, 2.45) is 5.73 Å². The lowest BCUT2D eigenvalue weighted by Crippen LogP contribution is -2.15. The Balaban J connectivity index is 1.89. The largest absolute Gasteiger partial charge is 0.394 e. The van der Waals surface area contributed by atoms with Crippen LogP contribution in [0.5, 0.6) is 0 Å². The molecule has 0 radical (unpaired) electrons. The van der Waals surface area contributed by atoms with Crippen LogP contribution in [0.1, 0.15) is 62.9 Å². The number of benzene rings is 1. The number of aliphatic hydroxyl groups is 1. The maximum Gasteiger partial charge on any atom is 0.126 e. The van der Waals surface area contributed by atoms with Crippen molar-refractivity contribution in [3.8, 4) is 0 Å². The van der Waals surface area contributed by atoms with E-state index in [0.717, 1.165) is 17.5 Å². The van der Waals surface area contributed by atoms with Crippen LogP contribution in [0.4, 0.5) is 0 Å². The Morgan fingerprint density at radius 2 is 1.95 bits per heavy atom. The third-order valence-corrected chi connectivity index (χ3v) is 3.93. The summed E-state index contributed by atoms with van der Waals surface area (Å²) >= 11 is 0. The molecule has 0 aliphatic rings. The molecule has 116 valence electrons. The number of H-pyrrole nitrogens is 1. The van der Waals surface area contributed by atoms with Crippen molar-refractivity contribution in [2.75, 3.05) is 6.61 Å². The zero-order chi connectivity index (χ0) is 15.1. The first-order valence-electron chi connectivity index (χ1n) is 8.09. The lowest BCUT2D eigenvalue weighted by molar-refractivity contribution is 0.264. The Labute approximate surface area is 126 Å². The molecule has 0 spiro atoms. The molecule has 1 heterocycles. The molecule has 0 aliphatic carbocycles. The van der Waals surface area contributed by atoms with Crippen LogP contribution in [0.15, 0.2) is 18.2 Å². The van der Waals surface area contributed by atoms with E-state index in [-0.39, 0.29) is 6.61 Å². The average molecular weight is 289 g/mol. The standard InChI is InChI=1S/C17H27N3O/c1-2-3-4-5-6-7-8-13-9-10-15-16(11-13)20-17(19-15)14(18)12-21/h9-11,14,21H,2-8,12,18H2,1H3,(H,19,20)/t14-/m0/s1. The maximum absolute atomic E-state index is 9.09. The number of nitrogens with one attached hydrogen (secondary N) is 1. The van der Waals surface area contributed by atoms with Gasteiger partial charge in [0.2, 0.25) is 0 Å². The zero-order valence-electron chi connectivity index (χ0n) is 12.9. The number of aryl methyl sites for hydroxylation is 1. The van der Waals surface area contributed by atoms with Crippen molar-refractivity contribution in [3.05, 3.63) is 29.6 Å². The molecule has 1 aromatic heterocycles. The van der Waals surface area contributed by atoms with Crippen LogP contribution in [0, 0.1) is 0 Å². The summed E-state index contributed by atoms with van der Waals surface area (Å²) in [7, 11) is 0. The van der Waals surface area contributed by atoms with Gasteiger partial charge in [0.15, 0.2) is 0 Å². The van der Waals surface area contributed by atoms with Gasteiger partial charge in [-0.2, -0.15) is 0 Å². The molecule has 0 amide bonds. The van der Waals surface area contributed by atoms with Crippen molar-refractivity contribution in [3.63, 3.8) is 0 Å². The molecule has 0 bridgehead atoms. The van der Waals surface area contributed by atoms with Crippen molar-refractivity contribution >= 4 is 11.0 Å². The lowest BCUT2D eigenvalue weighted by atomic mass is 10.0. The monoisotopic (exact) mass is 289 g/mol. The van der Waals surface area contributed by atoms with Crippen LogP contribution in [-0.4, -0.2) is 21.7 Å². The van der Waals surface area contributed by atoms with E-state index in [0.29, 0.717) is 5.82 Å². The Morgan fingerprint density at radius 3 is 2.71 bits per heavy atom. The summed E-state index contributed by atoms with van der Waals surface area (Å²) < 4.78 is 0. The minimum atomic E-state index is -0.431. The third kappa shape index (κ3) is 4.55. The van der Waals surface area contributed by atoms with Gasteiger partial charge in [0.05, 0.1) is 23.7 Å². The number of imidazole rings is 1. The molecule has 0 saturated carbocycles. The highest BCUT2D eigenvalue weighted by Crippen LogP contribution is 2.18. The van der Waals surface area contributed by atoms with Crippen LogP contribution in [0.3, 0.4) is 0 Å². The number of aromatic amines is 1. The summed E-state index contributed by atoms with van der Waals surface area (Å²) in [6.45, 7) is 2.15. The summed E-state index contributed by atoms with van der Waals surface area (Å²) in [6.07, 6.45) is 9.02. The molecule has 0 unspecified atom stereocenters. The van der Waals surface area contributed by atoms with E-state index in [1.54, 1.807) is 0 Å². The van der Waals surface area contributed by atoms with Gasteiger partial charge in [0.25, 0.3) is 0 Å². The Bertz CT molecular complexity index is 550. The van der Waals surface area contributed by atoms with Crippen LogP contribution in [0.25, 0.3) is 11.0 Å². The van der Waals surface area contributed by atoms with Gasteiger partial charge in [-0.25, -0.2) is 4.98 Å². The average Bonchev–Trinajstić information content (AvgIpc) is 2.93. The predicted molar refractivity (Wildman–Crippen MR) is 87.2 cm³/mol. The van der Waals surface area contributed by atoms with Crippen molar-refractivity contribution in [2.45, 2.75) is 57.9 Å². The SMILES string of the molecule is CCCCCCCCc1ccc2nc([C@@H](N)CO)[nH]c2c1. The Kier molecular flexibility index (Phi) is 6.21. The van der Waals surface area contributed by atoms with Crippen molar-refractivity contribution in [1.29, 1.82) is 0 Å². The van der Waals surface area contributed by atoms with E-state index in [2.05, 4.69) is 29.0 Å². The normalized spacial score (nSPS) is 12.9. The fourth-order valence-corrected chi connectivity index (χ4v) is 2.60. The third-order valence-electron chi connectivity index (χ3n) is 3.93. The first kappa shape index (κ1) is 16.0. The molecule has 21 heavy (non-hydrogen) atoms. The molecule has 4 nitrogen and oxygen atoms in total. The lowest BCUT2D eigenvalue weighted by Gasteiger charge is -2.02. The van der Waals surface area contributed by atoms with Gasteiger partial charge < -0.3 is 15.8 Å². The van der Waals surface area contributed by atoms with Crippen LogP contribution in [0.2, 0.25) is 0 Å². The number of fused-ring (bicyclic) bond motifs is 1. The first-order chi connectivity index (χ1) is 10.2. The summed E-state index contributed by atoms with van der Waals surface area (Å²) in [4.78, 5) is 7.62. The van der Waals surface area contributed by atoms with E-state index in [1.807, 2.05) is 6.07 Å². The maximum atomic E-state index is 9.09. The quantitative estimate of drug-likeness (QED) is 0.619. The van der Waals surface area contributed by atoms with Crippen LogP contribution < -0.4 is 5.73 Å². The van der Waals surface area contributed by atoms with Gasteiger partial charge >= 0.3 is 0 Å². The summed E-state index contributed by atoms with van der Waals surface area (Å²) in [5.41, 5.74) is 9.06. The number of rotatable bonds is 9. The topological polar surface area (TPSA) is 74.9 Å². The molecule has 1 aromatic carbocycles. The first-order valence-corrected chi connectivity index (χ1v) is 8.09. The van der Waals surface area contributed by atoms with Gasteiger partial charge in [-0.3, -0.25) is 0 Å². The molecular weight excluding hydrogens is 262 g/mol. The number of aromatic nitrogens is 2. The summed E-state index contributed by atoms with van der Waals surface area (Å²) in [6, 6.07) is 5.90. The van der Waals surface area contributed by atoms with E-state index < -0.39 is 6.04 Å². The highest BCUT2D eigenvalue weighted by Gasteiger charge is 2.10. The van der Waals surface area contributed by atoms with Crippen molar-refractivity contribution in [1.82, 2.24) is 9.97 Å². The van der Waals surface area contributed by atoms with Gasteiger partial charge in [0.1, 0.15) is 5.82 Å². The second kappa shape index (κ2) is 8.15. The fourth-order valence-electron chi connectivity index (χ4n) is 2.60. The fraction of sp³-hybridized carbons (Fsp3) is 0.588. The number of hydrogen-bond acceptors (Lipinski definition) is 3. The zero-order valence-corrected chi connectivity index (χ0v) is 12.9. The molecule has 4 N–H and O–H groups in total. The van der Waals surface area contributed by atoms with Gasteiger partial charge in [-0.15, -0.1) is 0 Å². The second-order valence-electron chi connectivity index (χ2n) is 5.78. The number of hydrogen-bond donors (Lipinski definition) is 3. The summed E-state index contributed by atoms with van der Waals surface area (Å²) in [5, 5.41) is 9.09. The van der Waals surface area contributed by atoms with Gasteiger partial charge in [-0.05, 0) is 30.5 Å². The molecular formula is C17H27N3O. The van der Waals surface area contributed by atoms with E-state index in [9.17, 15) is 0 Å². The van der Waals surface area contributed by atoms with Gasteiger partial charge in [0, 0.05) is 0 Å². The summed E-state index contributed by atoms with van der Waals surface area (Å²) in [5.74, 6) is 0.657. The molecule has 0 saturated heterocycles. The number of aliphatic hydroxyl groups excluding tert-OH is 1. The Hall–Kier alpha value is -1.39. The number of unbranched alkanes of at least 4 members (excludes halogenated alkanes) is 5. The van der Waals surface area contributed by atoms with Crippen LogP contribution >= 0.6 is 0 Å². The molecule has 0 aliphatic heterocycles. The molecule has 4 heteroatoms. The highest BCUT2D eigenvalue weighted by atomic mass is 16.3. The molecule has 2 aromatic rings.